The molecule has 1 N–H and O–H groups in total. The Balaban J connectivity index is 1.79. The zero-order valence-corrected chi connectivity index (χ0v) is 9.98. The fourth-order valence-electron chi connectivity index (χ4n) is 1.87. The van der Waals surface area contributed by atoms with Crippen molar-refractivity contribution in [2.75, 3.05) is 11.5 Å². The smallest absolute Gasteiger partial charge is 0.251 e. The quantitative estimate of drug-likeness (QED) is 0.860. The predicted molar refractivity (Wildman–Crippen MR) is 66.2 cm³/mol. The van der Waals surface area contributed by atoms with Crippen molar-refractivity contribution < 1.29 is 4.79 Å². The zero-order chi connectivity index (χ0) is 11.7. The third-order valence-corrected chi connectivity index (χ3v) is 3.97. The number of hydrogen-bond acceptors (Lipinski definition) is 4. The molecular formula is C11H12N4OS. The van der Waals surface area contributed by atoms with Crippen LogP contribution in [0.2, 0.25) is 0 Å². The second-order valence-corrected chi connectivity index (χ2v) is 5.16. The van der Waals surface area contributed by atoms with Crippen molar-refractivity contribution in [1.82, 2.24) is 19.9 Å². The van der Waals surface area contributed by atoms with E-state index in [1.807, 2.05) is 11.8 Å². The van der Waals surface area contributed by atoms with Crippen LogP contribution in [0.15, 0.2) is 24.7 Å². The zero-order valence-electron chi connectivity index (χ0n) is 9.17. The third-order valence-electron chi connectivity index (χ3n) is 2.81. The summed E-state index contributed by atoms with van der Waals surface area (Å²) in [6.45, 7) is 0. The lowest BCUT2D eigenvalue weighted by molar-refractivity contribution is 0.0941. The summed E-state index contributed by atoms with van der Waals surface area (Å²) < 4.78 is 1.64. The summed E-state index contributed by atoms with van der Waals surface area (Å²) in [5, 5.41) is 7.03. The van der Waals surface area contributed by atoms with Crippen LogP contribution in [0.1, 0.15) is 16.8 Å². The molecule has 2 aromatic heterocycles. The van der Waals surface area contributed by atoms with Gasteiger partial charge in [-0.15, -0.1) is 0 Å². The molecule has 1 fully saturated rings. The van der Waals surface area contributed by atoms with Crippen LogP contribution in [-0.2, 0) is 0 Å². The molecule has 17 heavy (non-hydrogen) atoms. The van der Waals surface area contributed by atoms with Crippen LogP contribution in [0.25, 0.3) is 5.65 Å². The number of nitrogens with zero attached hydrogens (tertiary/aromatic N) is 3. The third kappa shape index (κ3) is 2.12. The van der Waals surface area contributed by atoms with Gasteiger partial charge in [0.05, 0.1) is 0 Å². The highest BCUT2D eigenvalue weighted by molar-refractivity contribution is 7.99. The van der Waals surface area contributed by atoms with Gasteiger partial charge in [-0.3, -0.25) is 4.79 Å². The molecule has 3 heterocycles. The van der Waals surface area contributed by atoms with Gasteiger partial charge in [0, 0.05) is 23.6 Å². The summed E-state index contributed by atoms with van der Waals surface area (Å²) in [5.74, 6) is 2.12. The van der Waals surface area contributed by atoms with Gasteiger partial charge >= 0.3 is 0 Å². The highest BCUT2D eigenvalue weighted by Crippen LogP contribution is 2.17. The molecule has 0 radical (unpaired) electrons. The highest BCUT2D eigenvalue weighted by atomic mass is 32.2. The molecule has 1 aliphatic rings. The van der Waals surface area contributed by atoms with E-state index in [0.717, 1.165) is 17.9 Å². The maximum atomic E-state index is 12.0. The predicted octanol–water partition coefficient (Wildman–Crippen LogP) is 0.965. The van der Waals surface area contributed by atoms with Gasteiger partial charge in [-0.25, -0.2) is 9.50 Å². The van der Waals surface area contributed by atoms with Crippen molar-refractivity contribution in [3.05, 3.63) is 30.2 Å². The summed E-state index contributed by atoms with van der Waals surface area (Å²) >= 11 is 1.88. The number of hydrogen-bond donors (Lipinski definition) is 1. The minimum absolute atomic E-state index is 0.0250. The Kier molecular flexibility index (Phi) is 2.72. The molecule has 1 amide bonds. The Labute approximate surface area is 103 Å². The Morgan fingerprint density at radius 1 is 1.59 bits per heavy atom. The number of carbonyl (C=O) groups excluding carboxylic acids is 1. The first-order valence-electron chi connectivity index (χ1n) is 5.51. The van der Waals surface area contributed by atoms with E-state index < -0.39 is 0 Å². The number of aromatic nitrogens is 3. The number of pyridine rings is 1. The molecule has 1 unspecified atom stereocenters. The fraction of sp³-hybridized carbons (Fsp3) is 0.364. The van der Waals surface area contributed by atoms with Gasteiger partial charge in [0.25, 0.3) is 5.91 Å². The van der Waals surface area contributed by atoms with E-state index in [9.17, 15) is 4.79 Å². The first-order chi connectivity index (χ1) is 8.33. The second kappa shape index (κ2) is 4.37. The van der Waals surface area contributed by atoms with E-state index in [-0.39, 0.29) is 5.91 Å². The van der Waals surface area contributed by atoms with Crippen LogP contribution in [0.5, 0.6) is 0 Å². The minimum atomic E-state index is -0.0250. The van der Waals surface area contributed by atoms with Gasteiger partial charge in [0.2, 0.25) is 0 Å². The molecule has 0 spiro atoms. The average molecular weight is 248 g/mol. The number of rotatable bonds is 2. The topological polar surface area (TPSA) is 59.3 Å². The van der Waals surface area contributed by atoms with Crippen LogP contribution in [0, 0.1) is 0 Å². The summed E-state index contributed by atoms with van der Waals surface area (Å²) in [6, 6.07) is 3.82. The van der Waals surface area contributed by atoms with Crippen molar-refractivity contribution in [1.29, 1.82) is 0 Å². The van der Waals surface area contributed by atoms with Gasteiger partial charge in [0.1, 0.15) is 6.33 Å². The lowest BCUT2D eigenvalue weighted by Crippen LogP contribution is -2.34. The molecule has 0 saturated carbocycles. The largest absolute Gasteiger partial charge is 0.348 e. The van der Waals surface area contributed by atoms with Crippen LogP contribution >= 0.6 is 11.8 Å². The lowest BCUT2D eigenvalue weighted by atomic mass is 10.2. The van der Waals surface area contributed by atoms with Crippen LogP contribution < -0.4 is 5.32 Å². The van der Waals surface area contributed by atoms with E-state index >= 15 is 0 Å². The average Bonchev–Trinajstić information content (AvgIpc) is 2.97. The lowest BCUT2D eigenvalue weighted by Gasteiger charge is -2.10. The molecule has 0 aromatic carbocycles. The van der Waals surface area contributed by atoms with Crippen molar-refractivity contribution >= 4 is 23.3 Å². The maximum absolute atomic E-state index is 12.0. The molecule has 1 atom stereocenters. The van der Waals surface area contributed by atoms with E-state index in [1.54, 1.807) is 22.8 Å². The van der Waals surface area contributed by atoms with Gasteiger partial charge in [-0.1, -0.05) is 0 Å². The van der Waals surface area contributed by atoms with E-state index in [1.165, 1.54) is 6.33 Å². The van der Waals surface area contributed by atoms with Crippen molar-refractivity contribution in [3.63, 3.8) is 0 Å². The second-order valence-electron chi connectivity index (χ2n) is 4.01. The molecular weight excluding hydrogens is 236 g/mol. The SMILES string of the molecule is O=C(NC1CCSC1)c1ccn2ncnc2c1. The van der Waals surface area contributed by atoms with E-state index in [0.29, 0.717) is 17.3 Å². The van der Waals surface area contributed by atoms with Crippen molar-refractivity contribution in [3.8, 4) is 0 Å². The van der Waals surface area contributed by atoms with Crippen molar-refractivity contribution in [2.45, 2.75) is 12.5 Å². The molecule has 0 aliphatic carbocycles. The van der Waals surface area contributed by atoms with Crippen LogP contribution in [-0.4, -0.2) is 38.1 Å². The number of carbonyl (C=O) groups is 1. The van der Waals surface area contributed by atoms with Crippen LogP contribution in [0.3, 0.4) is 0 Å². The Morgan fingerprint density at radius 2 is 2.53 bits per heavy atom. The summed E-state index contributed by atoms with van der Waals surface area (Å²) in [6.07, 6.45) is 4.29. The van der Waals surface area contributed by atoms with Crippen LogP contribution in [0.4, 0.5) is 0 Å². The Morgan fingerprint density at radius 3 is 3.35 bits per heavy atom. The number of thioether (sulfide) groups is 1. The normalized spacial score (nSPS) is 19.6. The first-order valence-corrected chi connectivity index (χ1v) is 6.66. The van der Waals surface area contributed by atoms with Gasteiger partial charge in [-0.05, 0) is 24.3 Å². The molecule has 6 heteroatoms. The number of nitrogens with one attached hydrogen (secondary N) is 1. The summed E-state index contributed by atoms with van der Waals surface area (Å²) in [7, 11) is 0. The molecule has 0 bridgehead atoms. The van der Waals surface area contributed by atoms with Gasteiger partial charge in [0.15, 0.2) is 5.65 Å². The highest BCUT2D eigenvalue weighted by Gasteiger charge is 2.18. The Hall–Kier alpha value is -1.56. The fourth-order valence-corrected chi connectivity index (χ4v) is 3.03. The minimum Gasteiger partial charge on any atom is -0.348 e. The molecule has 2 aromatic rings. The van der Waals surface area contributed by atoms with E-state index in [2.05, 4.69) is 15.4 Å². The summed E-state index contributed by atoms with van der Waals surface area (Å²) in [5.41, 5.74) is 1.33. The van der Waals surface area contributed by atoms with Gasteiger partial charge in [-0.2, -0.15) is 16.9 Å². The van der Waals surface area contributed by atoms with Crippen molar-refractivity contribution in [2.24, 2.45) is 0 Å². The molecule has 5 nitrogen and oxygen atoms in total. The summed E-state index contributed by atoms with van der Waals surface area (Å²) in [4.78, 5) is 16.0. The first kappa shape index (κ1) is 10.6. The number of fused-ring (bicyclic) bond motifs is 1. The molecule has 1 aliphatic heterocycles. The maximum Gasteiger partial charge on any atom is 0.251 e. The molecule has 88 valence electrons. The van der Waals surface area contributed by atoms with Gasteiger partial charge < -0.3 is 5.32 Å². The molecule has 1 saturated heterocycles. The standard InChI is InChI=1S/C11H12N4OS/c16-11(14-9-2-4-17-6-9)8-1-3-15-10(5-8)12-7-13-15/h1,3,5,7,9H,2,4,6H2,(H,14,16). The molecule has 3 rings (SSSR count). The number of amides is 1. The monoisotopic (exact) mass is 248 g/mol. The van der Waals surface area contributed by atoms with E-state index in [4.69, 9.17) is 0 Å². The Bertz CT molecular complexity index is 547.